The van der Waals surface area contributed by atoms with E-state index in [0.29, 0.717) is 5.88 Å². The standard InChI is InChI=1S/C22H17ClN4/c23-9-10-27-21-7-8-22(27)14-20-6-4-18(26-20)12-16-2-1-15(24-16)11-17-3-5-19(13-21)25-17/h1-8,11-14,24H,9-10H2. The predicted molar refractivity (Wildman–Crippen MR) is 113 cm³/mol. The Labute approximate surface area is 161 Å². The van der Waals surface area contributed by atoms with Gasteiger partial charge in [0.2, 0.25) is 0 Å². The highest BCUT2D eigenvalue weighted by Gasteiger charge is 2.04. The van der Waals surface area contributed by atoms with E-state index in [1.165, 1.54) is 0 Å². The quantitative estimate of drug-likeness (QED) is 0.423. The van der Waals surface area contributed by atoms with Crippen molar-refractivity contribution in [1.29, 1.82) is 0 Å². The van der Waals surface area contributed by atoms with E-state index in [9.17, 15) is 0 Å². The first-order valence-electron chi connectivity index (χ1n) is 8.88. The maximum Gasteiger partial charge on any atom is 0.0658 e. The minimum atomic E-state index is 0.547. The summed E-state index contributed by atoms with van der Waals surface area (Å²) in [6, 6.07) is 16.6. The maximum absolute atomic E-state index is 6.05. The molecule has 0 aliphatic carbocycles. The van der Waals surface area contributed by atoms with Crippen molar-refractivity contribution in [2.24, 2.45) is 0 Å². The molecule has 27 heavy (non-hydrogen) atoms. The molecule has 3 aromatic rings. The lowest BCUT2D eigenvalue weighted by Gasteiger charge is -2.03. The van der Waals surface area contributed by atoms with Crippen molar-refractivity contribution in [3.05, 3.63) is 71.3 Å². The van der Waals surface area contributed by atoms with Crippen LogP contribution in [0, 0.1) is 0 Å². The molecule has 1 N–H and O–H groups in total. The van der Waals surface area contributed by atoms with Crippen LogP contribution in [-0.2, 0) is 6.54 Å². The first kappa shape index (κ1) is 16.1. The molecule has 8 bridgehead atoms. The van der Waals surface area contributed by atoms with E-state index in [1.807, 2.05) is 36.4 Å². The number of H-pyrrole nitrogens is 1. The first-order valence-corrected chi connectivity index (χ1v) is 9.41. The highest BCUT2D eigenvalue weighted by atomic mass is 35.5. The minimum Gasteiger partial charge on any atom is -0.355 e. The number of rotatable bonds is 2. The Kier molecular flexibility index (Phi) is 3.91. The van der Waals surface area contributed by atoms with E-state index in [-0.39, 0.29) is 0 Å². The molecule has 0 aromatic carbocycles. The van der Waals surface area contributed by atoms with E-state index in [2.05, 4.69) is 45.9 Å². The molecule has 2 aliphatic heterocycles. The summed E-state index contributed by atoms with van der Waals surface area (Å²) in [6.45, 7) is 0.731. The van der Waals surface area contributed by atoms with E-state index in [4.69, 9.17) is 21.6 Å². The van der Waals surface area contributed by atoms with Gasteiger partial charge in [0, 0.05) is 34.5 Å². The van der Waals surface area contributed by atoms with E-state index < -0.39 is 0 Å². The summed E-state index contributed by atoms with van der Waals surface area (Å²) >= 11 is 6.05. The Morgan fingerprint density at radius 1 is 0.704 bits per heavy atom. The predicted octanol–water partition coefficient (Wildman–Crippen LogP) is 5.37. The van der Waals surface area contributed by atoms with Gasteiger partial charge in [-0.05, 0) is 72.8 Å². The second kappa shape index (κ2) is 6.56. The molecular weight excluding hydrogens is 356 g/mol. The minimum absolute atomic E-state index is 0.547. The summed E-state index contributed by atoms with van der Waals surface area (Å²) in [5, 5.41) is 0. The van der Waals surface area contributed by atoms with E-state index >= 15 is 0 Å². The highest BCUT2D eigenvalue weighted by Crippen LogP contribution is 2.19. The molecular formula is C22H17ClN4. The third-order valence-electron chi connectivity index (χ3n) is 4.65. The van der Waals surface area contributed by atoms with Gasteiger partial charge in [0.15, 0.2) is 0 Å². The van der Waals surface area contributed by atoms with Crippen LogP contribution in [0.4, 0.5) is 0 Å². The summed E-state index contributed by atoms with van der Waals surface area (Å²) in [7, 11) is 0. The largest absolute Gasteiger partial charge is 0.355 e. The lowest BCUT2D eigenvalue weighted by molar-refractivity contribution is 0.831. The molecule has 0 atom stereocenters. The second-order valence-electron chi connectivity index (χ2n) is 6.56. The van der Waals surface area contributed by atoms with Crippen molar-refractivity contribution in [3.8, 4) is 0 Å². The number of aromatic amines is 1. The van der Waals surface area contributed by atoms with Crippen LogP contribution >= 0.6 is 11.6 Å². The molecule has 0 fully saturated rings. The van der Waals surface area contributed by atoms with Crippen molar-refractivity contribution in [1.82, 2.24) is 19.5 Å². The van der Waals surface area contributed by atoms with Crippen molar-refractivity contribution in [2.45, 2.75) is 6.54 Å². The van der Waals surface area contributed by atoms with Crippen LogP contribution in [0.2, 0.25) is 0 Å². The molecule has 4 nitrogen and oxygen atoms in total. The Balaban J connectivity index is 1.86. The van der Waals surface area contributed by atoms with Gasteiger partial charge in [-0.1, -0.05) is 0 Å². The summed E-state index contributed by atoms with van der Waals surface area (Å²) in [4.78, 5) is 12.8. The number of alkyl halides is 1. The average molecular weight is 373 g/mol. The molecule has 5 heteroatoms. The molecule has 2 aliphatic rings. The summed E-state index contributed by atoms with van der Waals surface area (Å²) in [5.74, 6) is 0.547. The number of hydrogen-bond acceptors (Lipinski definition) is 2. The van der Waals surface area contributed by atoms with Crippen molar-refractivity contribution in [2.75, 3.05) is 5.88 Å². The molecule has 0 spiro atoms. The fourth-order valence-corrected chi connectivity index (χ4v) is 3.59. The fraction of sp³-hybridized carbons (Fsp3) is 0.0909. The lowest BCUT2D eigenvalue weighted by Crippen LogP contribution is -1.98. The van der Waals surface area contributed by atoms with E-state index in [1.54, 1.807) is 0 Å². The van der Waals surface area contributed by atoms with Gasteiger partial charge in [0.25, 0.3) is 0 Å². The third kappa shape index (κ3) is 3.20. The number of nitrogens with zero attached hydrogens (tertiary/aromatic N) is 3. The maximum atomic E-state index is 6.05. The summed E-state index contributed by atoms with van der Waals surface area (Å²) in [6.07, 6.45) is 8.12. The topological polar surface area (TPSA) is 46.5 Å². The van der Waals surface area contributed by atoms with Crippen LogP contribution < -0.4 is 0 Å². The van der Waals surface area contributed by atoms with Gasteiger partial charge in [0.05, 0.1) is 22.8 Å². The Bertz CT molecular complexity index is 1150. The van der Waals surface area contributed by atoms with Crippen molar-refractivity contribution < 1.29 is 0 Å². The van der Waals surface area contributed by atoms with Gasteiger partial charge in [0.1, 0.15) is 0 Å². The van der Waals surface area contributed by atoms with Gasteiger partial charge in [-0.2, -0.15) is 0 Å². The smallest absolute Gasteiger partial charge is 0.0658 e. The van der Waals surface area contributed by atoms with Gasteiger partial charge < -0.3 is 9.55 Å². The molecule has 0 unspecified atom stereocenters. The fourth-order valence-electron chi connectivity index (χ4n) is 3.42. The number of fused-ring (bicyclic) bond motifs is 8. The van der Waals surface area contributed by atoms with Gasteiger partial charge in [-0.3, -0.25) is 0 Å². The molecule has 0 radical (unpaired) electrons. The van der Waals surface area contributed by atoms with Crippen LogP contribution in [0.1, 0.15) is 22.8 Å². The second-order valence-corrected chi connectivity index (χ2v) is 6.94. The zero-order valence-electron chi connectivity index (χ0n) is 14.6. The molecule has 3 aromatic heterocycles. The first-order chi connectivity index (χ1) is 13.3. The van der Waals surface area contributed by atoms with Crippen LogP contribution in [0.3, 0.4) is 0 Å². The van der Waals surface area contributed by atoms with Crippen LogP contribution in [0.5, 0.6) is 0 Å². The summed E-state index contributed by atoms with van der Waals surface area (Å²) in [5.41, 5.74) is 7.92. The molecule has 132 valence electrons. The number of hydrogen-bond donors (Lipinski definition) is 1. The van der Waals surface area contributed by atoms with Gasteiger partial charge in [-0.15, -0.1) is 11.6 Å². The molecule has 5 rings (SSSR count). The Hall–Kier alpha value is -3.11. The monoisotopic (exact) mass is 372 g/mol. The molecule has 0 saturated heterocycles. The zero-order chi connectivity index (χ0) is 18.2. The molecule has 5 heterocycles. The number of halogens is 1. The Morgan fingerprint density at radius 3 is 1.67 bits per heavy atom. The SMILES string of the molecule is ClCCn1c2ccc1cc1nc(cc3ccc(cc4nc(c2)C=C4)[nH]3)C=C1. The zero-order valence-corrected chi connectivity index (χ0v) is 15.3. The summed E-state index contributed by atoms with van der Waals surface area (Å²) < 4.78 is 2.20. The van der Waals surface area contributed by atoms with Crippen LogP contribution in [0.15, 0.2) is 48.5 Å². The number of aryl methyl sites for hydroxylation is 1. The lowest BCUT2D eigenvalue weighted by atomic mass is 10.3. The van der Waals surface area contributed by atoms with Crippen LogP contribution in [0.25, 0.3) is 46.4 Å². The highest BCUT2D eigenvalue weighted by molar-refractivity contribution is 6.17. The molecule has 0 amide bonds. The van der Waals surface area contributed by atoms with E-state index in [0.717, 1.165) is 51.4 Å². The van der Waals surface area contributed by atoms with Crippen molar-refractivity contribution >= 4 is 58.0 Å². The van der Waals surface area contributed by atoms with Crippen molar-refractivity contribution in [3.63, 3.8) is 0 Å². The van der Waals surface area contributed by atoms with Gasteiger partial charge >= 0.3 is 0 Å². The third-order valence-corrected chi connectivity index (χ3v) is 4.82. The average Bonchev–Trinajstić information content (AvgIpc) is 3.42. The molecule has 0 saturated carbocycles. The van der Waals surface area contributed by atoms with Crippen LogP contribution in [-0.4, -0.2) is 25.4 Å². The Morgan fingerprint density at radius 2 is 1.19 bits per heavy atom. The van der Waals surface area contributed by atoms with Gasteiger partial charge in [-0.25, -0.2) is 9.97 Å². The normalized spacial score (nSPS) is 12.6. The number of aromatic nitrogens is 4. The number of nitrogens with one attached hydrogen (secondary N) is 1.